The average Bonchev–Trinajstić information content (AvgIpc) is 3.30. The van der Waals surface area contributed by atoms with Crippen molar-refractivity contribution in [2.24, 2.45) is 5.10 Å². The van der Waals surface area contributed by atoms with E-state index >= 15 is 0 Å². The van der Waals surface area contributed by atoms with Gasteiger partial charge in [-0.05, 0) is 37.3 Å². The lowest BCUT2D eigenvalue weighted by atomic mass is 9.96. The van der Waals surface area contributed by atoms with E-state index in [-0.39, 0.29) is 6.04 Å². The standard InChI is InChI=1S/C25H25N3O4/c1-4-31-22-9-5-8-18-20-14-19(17-7-6-12-26-15-17)27-28(20)25(32-24(18)22)16-10-11-21(29-2)23(13-16)30-3/h5-13,15,20,25H,4,14H2,1-3H3/t20-,25-/m0/s1. The number of hydrogen-bond donors (Lipinski definition) is 0. The summed E-state index contributed by atoms with van der Waals surface area (Å²) in [5.41, 5.74) is 3.97. The Kier molecular flexibility index (Phi) is 5.31. The van der Waals surface area contributed by atoms with Crippen molar-refractivity contribution in [1.82, 2.24) is 9.99 Å². The zero-order valence-corrected chi connectivity index (χ0v) is 18.3. The minimum atomic E-state index is -0.442. The second-order valence-electron chi connectivity index (χ2n) is 7.58. The molecule has 164 valence electrons. The molecule has 0 unspecified atom stereocenters. The molecule has 0 radical (unpaired) electrons. The zero-order valence-electron chi connectivity index (χ0n) is 18.3. The first-order valence-electron chi connectivity index (χ1n) is 10.6. The van der Waals surface area contributed by atoms with E-state index in [9.17, 15) is 0 Å². The molecular formula is C25H25N3O4. The molecule has 3 heterocycles. The summed E-state index contributed by atoms with van der Waals surface area (Å²) in [6.07, 6.45) is 3.93. The summed E-state index contributed by atoms with van der Waals surface area (Å²) in [5, 5.41) is 7.01. The Morgan fingerprint density at radius 3 is 2.66 bits per heavy atom. The monoisotopic (exact) mass is 431 g/mol. The van der Waals surface area contributed by atoms with E-state index in [1.165, 1.54) is 0 Å². The van der Waals surface area contributed by atoms with Gasteiger partial charge in [-0.15, -0.1) is 0 Å². The van der Waals surface area contributed by atoms with E-state index < -0.39 is 6.23 Å². The zero-order chi connectivity index (χ0) is 22.1. The molecule has 0 spiro atoms. The fraction of sp³-hybridized carbons (Fsp3) is 0.280. The topological polar surface area (TPSA) is 65.4 Å². The Hall–Kier alpha value is -3.74. The Morgan fingerprint density at radius 2 is 1.91 bits per heavy atom. The average molecular weight is 431 g/mol. The first kappa shape index (κ1) is 20.2. The fourth-order valence-corrected chi connectivity index (χ4v) is 4.29. The number of hydrogen-bond acceptors (Lipinski definition) is 7. The van der Waals surface area contributed by atoms with E-state index in [0.29, 0.717) is 18.1 Å². The van der Waals surface area contributed by atoms with Crippen LogP contribution in [-0.2, 0) is 0 Å². The molecule has 32 heavy (non-hydrogen) atoms. The molecule has 2 aliphatic heterocycles. The number of rotatable bonds is 6. The second-order valence-corrected chi connectivity index (χ2v) is 7.58. The predicted octanol–water partition coefficient (Wildman–Crippen LogP) is 4.74. The number of aromatic nitrogens is 1. The number of benzene rings is 2. The number of pyridine rings is 1. The fourth-order valence-electron chi connectivity index (χ4n) is 4.29. The van der Waals surface area contributed by atoms with Crippen LogP contribution < -0.4 is 18.9 Å². The van der Waals surface area contributed by atoms with Gasteiger partial charge >= 0.3 is 0 Å². The summed E-state index contributed by atoms with van der Waals surface area (Å²) in [6, 6.07) is 15.8. The minimum absolute atomic E-state index is 0.0208. The summed E-state index contributed by atoms with van der Waals surface area (Å²) in [4.78, 5) is 4.27. The second kappa shape index (κ2) is 8.42. The number of methoxy groups -OCH3 is 2. The summed E-state index contributed by atoms with van der Waals surface area (Å²) in [7, 11) is 3.25. The minimum Gasteiger partial charge on any atom is -0.493 e. The first-order valence-corrected chi connectivity index (χ1v) is 10.6. The molecule has 1 aromatic heterocycles. The third kappa shape index (κ3) is 3.39. The van der Waals surface area contributed by atoms with Crippen LogP contribution >= 0.6 is 0 Å². The Labute approximate surface area is 187 Å². The molecule has 3 aromatic rings. The van der Waals surface area contributed by atoms with Crippen LogP contribution in [-0.4, -0.2) is 36.5 Å². The molecule has 0 aliphatic carbocycles. The van der Waals surface area contributed by atoms with E-state index in [1.54, 1.807) is 20.4 Å². The van der Waals surface area contributed by atoms with E-state index in [0.717, 1.165) is 40.3 Å². The molecule has 0 saturated heterocycles. The van der Waals surface area contributed by atoms with Gasteiger partial charge < -0.3 is 18.9 Å². The van der Waals surface area contributed by atoms with Gasteiger partial charge in [-0.3, -0.25) is 4.98 Å². The van der Waals surface area contributed by atoms with Gasteiger partial charge in [-0.2, -0.15) is 5.10 Å². The number of fused-ring (bicyclic) bond motifs is 3. The smallest absolute Gasteiger partial charge is 0.214 e. The highest BCUT2D eigenvalue weighted by Gasteiger charge is 2.42. The molecule has 0 fully saturated rings. The van der Waals surface area contributed by atoms with Gasteiger partial charge in [-0.25, -0.2) is 5.01 Å². The molecule has 7 nitrogen and oxygen atoms in total. The molecule has 5 rings (SSSR count). The van der Waals surface area contributed by atoms with E-state index in [4.69, 9.17) is 24.0 Å². The van der Waals surface area contributed by atoms with Crippen LogP contribution in [0.3, 0.4) is 0 Å². The van der Waals surface area contributed by atoms with Crippen LogP contribution in [0.5, 0.6) is 23.0 Å². The molecular weight excluding hydrogens is 406 g/mol. The van der Waals surface area contributed by atoms with Crippen molar-refractivity contribution >= 4 is 5.71 Å². The predicted molar refractivity (Wildman–Crippen MR) is 120 cm³/mol. The molecule has 0 amide bonds. The summed E-state index contributed by atoms with van der Waals surface area (Å²) in [5.74, 6) is 2.81. The van der Waals surface area contributed by atoms with Crippen molar-refractivity contribution in [2.75, 3.05) is 20.8 Å². The maximum Gasteiger partial charge on any atom is 0.214 e. The Morgan fingerprint density at radius 1 is 1.03 bits per heavy atom. The normalized spacial score (nSPS) is 18.8. The van der Waals surface area contributed by atoms with Crippen LogP contribution in [0.2, 0.25) is 0 Å². The lowest BCUT2D eigenvalue weighted by Crippen LogP contribution is -2.34. The van der Waals surface area contributed by atoms with Crippen molar-refractivity contribution in [1.29, 1.82) is 0 Å². The Bertz CT molecular complexity index is 1150. The maximum absolute atomic E-state index is 6.55. The summed E-state index contributed by atoms with van der Waals surface area (Å²) < 4.78 is 23.4. The van der Waals surface area contributed by atoms with Crippen LogP contribution in [0, 0.1) is 0 Å². The summed E-state index contributed by atoms with van der Waals surface area (Å²) >= 11 is 0. The molecule has 7 heteroatoms. The number of para-hydroxylation sites is 1. The molecule has 0 saturated carbocycles. The van der Waals surface area contributed by atoms with Gasteiger partial charge in [0.1, 0.15) is 0 Å². The lowest BCUT2D eigenvalue weighted by molar-refractivity contribution is -0.0213. The van der Waals surface area contributed by atoms with Crippen molar-refractivity contribution in [3.63, 3.8) is 0 Å². The molecule has 0 N–H and O–H groups in total. The van der Waals surface area contributed by atoms with E-state index in [2.05, 4.69) is 11.1 Å². The van der Waals surface area contributed by atoms with Crippen LogP contribution in [0.25, 0.3) is 0 Å². The van der Waals surface area contributed by atoms with Gasteiger partial charge in [0.25, 0.3) is 0 Å². The molecule has 0 bridgehead atoms. The Balaban J connectivity index is 1.62. The van der Waals surface area contributed by atoms with Crippen LogP contribution in [0.1, 0.15) is 42.3 Å². The highest BCUT2D eigenvalue weighted by Crippen LogP contribution is 2.51. The van der Waals surface area contributed by atoms with Crippen molar-refractivity contribution < 1.29 is 18.9 Å². The number of nitrogens with zero attached hydrogens (tertiary/aromatic N) is 3. The molecule has 2 atom stereocenters. The molecule has 2 aromatic carbocycles. The number of ether oxygens (including phenoxy) is 4. The van der Waals surface area contributed by atoms with Crippen LogP contribution in [0.15, 0.2) is 66.0 Å². The first-order chi connectivity index (χ1) is 15.7. The van der Waals surface area contributed by atoms with Gasteiger partial charge in [-0.1, -0.05) is 18.2 Å². The van der Waals surface area contributed by atoms with Gasteiger partial charge in [0.2, 0.25) is 6.23 Å². The van der Waals surface area contributed by atoms with Crippen molar-refractivity contribution in [2.45, 2.75) is 25.6 Å². The third-order valence-electron chi connectivity index (χ3n) is 5.77. The summed E-state index contributed by atoms with van der Waals surface area (Å²) in [6.45, 7) is 2.53. The quantitative estimate of drug-likeness (QED) is 0.562. The maximum atomic E-state index is 6.55. The molecule has 2 aliphatic rings. The highest BCUT2D eigenvalue weighted by atomic mass is 16.5. The largest absolute Gasteiger partial charge is 0.493 e. The van der Waals surface area contributed by atoms with Gasteiger partial charge in [0, 0.05) is 35.5 Å². The van der Waals surface area contributed by atoms with Gasteiger partial charge in [0.15, 0.2) is 23.0 Å². The van der Waals surface area contributed by atoms with Crippen LogP contribution in [0.4, 0.5) is 0 Å². The van der Waals surface area contributed by atoms with E-state index in [1.807, 2.05) is 60.6 Å². The SMILES string of the molecule is CCOc1cccc2c1O[C@@H](c1ccc(OC)c(OC)c1)N1N=C(c3cccnc3)C[C@@H]21. The van der Waals surface area contributed by atoms with Crippen molar-refractivity contribution in [3.8, 4) is 23.0 Å². The third-order valence-corrected chi connectivity index (χ3v) is 5.77. The van der Waals surface area contributed by atoms with Gasteiger partial charge in [0.05, 0.1) is 32.6 Å². The lowest BCUT2D eigenvalue weighted by Gasteiger charge is -2.38. The number of hydrazone groups is 1. The highest BCUT2D eigenvalue weighted by molar-refractivity contribution is 6.01. The van der Waals surface area contributed by atoms with Crippen molar-refractivity contribution in [3.05, 3.63) is 77.6 Å².